The Bertz CT molecular complexity index is 704. The number of carboxylic acids is 1. The Morgan fingerprint density at radius 3 is 2.42 bits per heavy atom. The highest BCUT2D eigenvalue weighted by molar-refractivity contribution is 7.89. The molecule has 0 radical (unpaired) electrons. The van der Waals surface area contributed by atoms with Gasteiger partial charge in [0.1, 0.15) is 0 Å². The molecule has 3 N–H and O–H groups in total. The molecule has 1 aromatic heterocycles. The molecule has 1 aromatic carbocycles. The molecule has 0 amide bonds. The topological polar surface area (TPSA) is 115 Å². The van der Waals surface area contributed by atoms with Gasteiger partial charge < -0.3 is 9.67 Å². The summed E-state index contributed by atoms with van der Waals surface area (Å²) in [5, 5.41) is 13.7. The Morgan fingerprint density at radius 1 is 1.32 bits per heavy atom. The quantitative estimate of drug-likeness (QED) is 0.835. The molecule has 2 aromatic rings. The third-order valence-electron chi connectivity index (χ3n) is 2.47. The molecule has 1 heterocycles. The monoisotopic (exact) mass is 281 g/mol. The number of aromatic carboxylic acids is 1. The molecule has 0 bridgehead atoms. The van der Waals surface area contributed by atoms with Gasteiger partial charge in [-0.1, -0.05) is 12.1 Å². The van der Waals surface area contributed by atoms with Gasteiger partial charge in [0.05, 0.1) is 11.2 Å². The molecule has 0 saturated heterocycles. The van der Waals surface area contributed by atoms with Crippen LogP contribution in [-0.2, 0) is 16.6 Å². The number of rotatable bonds is 4. The number of carbonyl (C=O) groups is 1. The van der Waals surface area contributed by atoms with Crippen LogP contribution in [-0.4, -0.2) is 29.0 Å². The van der Waals surface area contributed by atoms with Crippen molar-refractivity contribution >= 4 is 16.0 Å². The maximum absolute atomic E-state index is 11.1. The second-order valence-electron chi connectivity index (χ2n) is 3.93. The first-order valence-electron chi connectivity index (χ1n) is 5.23. The van der Waals surface area contributed by atoms with Crippen molar-refractivity contribution in [1.82, 2.24) is 9.55 Å². The summed E-state index contributed by atoms with van der Waals surface area (Å²) >= 11 is 0. The summed E-state index contributed by atoms with van der Waals surface area (Å²) < 4.78 is 23.7. The number of sulfonamides is 1. The van der Waals surface area contributed by atoms with Crippen LogP contribution in [0.25, 0.3) is 0 Å². The van der Waals surface area contributed by atoms with E-state index in [9.17, 15) is 13.2 Å². The number of benzene rings is 1. The van der Waals surface area contributed by atoms with Gasteiger partial charge >= 0.3 is 5.97 Å². The van der Waals surface area contributed by atoms with Crippen LogP contribution in [0.5, 0.6) is 0 Å². The first-order valence-corrected chi connectivity index (χ1v) is 6.78. The summed E-state index contributed by atoms with van der Waals surface area (Å²) in [6, 6.07) is 6.03. The Kier molecular flexibility index (Phi) is 3.36. The van der Waals surface area contributed by atoms with Gasteiger partial charge in [-0.3, -0.25) is 0 Å². The second kappa shape index (κ2) is 4.82. The fraction of sp³-hybridized carbons (Fsp3) is 0.0909. The van der Waals surface area contributed by atoms with Crippen LogP contribution in [0.15, 0.2) is 41.7 Å². The molecule has 7 nitrogen and oxygen atoms in total. The van der Waals surface area contributed by atoms with E-state index in [1.165, 1.54) is 24.7 Å². The lowest BCUT2D eigenvalue weighted by Crippen LogP contribution is -2.12. The summed E-state index contributed by atoms with van der Waals surface area (Å²) in [5.41, 5.74) is 0.767. The smallest absolute Gasteiger partial charge is 0.356 e. The molecule has 0 atom stereocenters. The van der Waals surface area contributed by atoms with E-state index >= 15 is 0 Å². The molecule has 0 spiro atoms. The van der Waals surface area contributed by atoms with Crippen LogP contribution in [0.4, 0.5) is 0 Å². The Balaban J connectivity index is 2.17. The summed E-state index contributed by atoms with van der Waals surface area (Å²) in [5.74, 6) is -1.09. The molecule has 0 fully saturated rings. The number of nitrogens with zero attached hydrogens (tertiary/aromatic N) is 2. The summed E-state index contributed by atoms with van der Waals surface area (Å²) in [4.78, 5) is 14.4. The molecule has 0 aliphatic heterocycles. The van der Waals surface area contributed by atoms with Crippen molar-refractivity contribution in [3.8, 4) is 0 Å². The number of hydrogen-bond donors (Lipinski definition) is 2. The number of nitrogens with two attached hydrogens (primary N) is 1. The van der Waals surface area contributed by atoms with Crippen molar-refractivity contribution in [1.29, 1.82) is 0 Å². The number of imidazole rings is 1. The SMILES string of the molecule is NS(=O)(=O)c1ccc(Cn2cnc(C(=O)O)c2)cc1. The molecule has 19 heavy (non-hydrogen) atoms. The fourth-order valence-corrected chi connectivity index (χ4v) is 2.07. The second-order valence-corrected chi connectivity index (χ2v) is 5.49. The molecule has 100 valence electrons. The van der Waals surface area contributed by atoms with Crippen LogP contribution in [0.3, 0.4) is 0 Å². The average molecular weight is 281 g/mol. The normalized spacial score (nSPS) is 11.4. The minimum atomic E-state index is -3.70. The Labute approximate surface area is 109 Å². The van der Waals surface area contributed by atoms with Gasteiger partial charge in [-0.05, 0) is 17.7 Å². The maximum atomic E-state index is 11.1. The standard InChI is InChI=1S/C11H11N3O4S/c12-19(17,18)9-3-1-8(2-4-9)5-14-6-10(11(15)16)13-7-14/h1-4,6-7H,5H2,(H,15,16)(H2,12,17,18). The number of primary sulfonamides is 1. The van der Waals surface area contributed by atoms with Gasteiger partial charge in [0.2, 0.25) is 10.0 Å². The van der Waals surface area contributed by atoms with Gasteiger partial charge in [0.25, 0.3) is 0 Å². The van der Waals surface area contributed by atoms with E-state index in [-0.39, 0.29) is 10.6 Å². The first-order chi connectivity index (χ1) is 8.86. The highest BCUT2D eigenvalue weighted by atomic mass is 32.2. The predicted octanol–water partition coefficient (Wildman–Crippen LogP) is 0.277. The number of hydrogen-bond acceptors (Lipinski definition) is 4. The molecule has 0 aliphatic rings. The van der Waals surface area contributed by atoms with E-state index in [4.69, 9.17) is 10.2 Å². The summed E-state index contributed by atoms with van der Waals surface area (Å²) in [6.07, 6.45) is 2.80. The van der Waals surface area contributed by atoms with Crippen LogP contribution in [0.1, 0.15) is 16.1 Å². The molecule has 0 aliphatic carbocycles. The van der Waals surface area contributed by atoms with Gasteiger partial charge in [-0.25, -0.2) is 23.3 Å². The van der Waals surface area contributed by atoms with E-state index in [1.54, 1.807) is 16.7 Å². The van der Waals surface area contributed by atoms with Crippen LogP contribution in [0.2, 0.25) is 0 Å². The van der Waals surface area contributed by atoms with Gasteiger partial charge in [0.15, 0.2) is 5.69 Å². The van der Waals surface area contributed by atoms with Crippen molar-refractivity contribution < 1.29 is 18.3 Å². The number of carboxylic acid groups (broad SMARTS) is 1. The Hall–Kier alpha value is -2.19. The molecule has 0 saturated carbocycles. The zero-order valence-corrected chi connectivity index (χ0v) is 10.5. The average Bonchev–Trinajstić information content (AvgIpc) is 2.77. The molecule has 0 unspecified atom stereocenters. The highest BCUT2D eigenvalue weighted by Crippen LogP contribution is 2.10. The van der Waals surface area contributed by atoms with E-state index in [2.05, 4.69) is 4.98 Å². The van der Waals surface area contributed by atoms with Crippen molar-refractivity contribution in [3.05, 3.63) is 48.0 Å². The van der Waals surface area contributed by atoms with E-state index in [0.29, 0.717) is 6.54 Å². The van der Waals surface area contributed by atoms with Gasteiger partial charge in [-0.2, -0.15) is 0 Å². The van der Waals surface area contributed by atoms with Crippen LogP contribution < -0.4 is 5.14 Å². The lowest BCUT2D eigenvalue weighted by Gasteiger charge is -2.03. The largest absolute Gasteiger partial charge is 0.476 e. The summed E-state index contributed by atoms with van der Waals surface area (Å²) in [7, 11) is -3.70. The van der Waals surface area contributed by atoms with Crippen molar-refractivity contribution in [2.75, 3.05) is 0 Å². The number of aromatic nitrogens is 2. The zero-order chi connectivity index (χ0) is 14.0. The van der Waals surface area contributed by atoms with E-state index < -0.39 is 16.0 Å². The molecular formula is C11H11N3O4S. The predicted molar refractivity (Wildman–Crippen MR) is 66.1 cm³/mol. The van der Waals surface area contributed by atoms with Crippen LogP contribution >= 0.6 is 0 Å². The molecule has 8 heteroatoms. The van der Waals surface area contributed by atoms with Crippen molar-refractivity contribution in [2.24, 2.45) is 5.14 Å². The first kappa shape index (κ1) is 13.2. The third-order valence-corrected chi connectivity index (χ3v) is 3.40. The lowest BCUT2D eigenvalue weighted by molar-refractivity contribution is 0.0691. The molecule has 2 rings (SSSR count). The van der Waals surface area contributed by atoms with Gasteiger partial charge in [0, 0.05) is 12.7 Å². The fourth-order valence-electron chi connectivity index (χ4n) is 1.55. The van der Waals surface area contributed by atoms with Crippen molar-refractivity contribution in [3.63, 3.8) is 0 Å². The highest BCUT2D eigenvalue weighted by Gasteiger charge is 2.08. The lowest BCUT2D eigenvalue weighted by atomic mass is 10.2. The van der Waals surface area contributed by atoms with Crippen LogP contribution in [0, 0.1) is 0 Å². The molecular weight excluding hydrogens is 270 g/mol. The van der Waals surface area contributed by atoms with E-state index in [0.717, 1.165) is 5.56 Å². The van der Waals surface area contributed by atoms with Gasteiger partial charge in [-0.15, -0.1) is 0 Å². The zero-order valence-electron chi connectivity index (χ0n) is 9.72. The van der Waals surface area contributed by atoms with E-state index in [1.807, 2.05) is 0 Å². The third kappa shape index (κ3) is 3.18. The minimum Gasteiger partial charge on any atom is -0.476 e. The maximum Gasteiger partial charge on any atom is 0.356 e. The minimum absolute atomic E-state index is 0.0353. The van der Waals surface area contributed by atoms with Crippen molar-refractivity contribution in [2.45, 2.75) is 11.4 Å². The Morgan fingerprint density at radius 2 is 1.95 bits per heavy atom. The summed E-state index contributed by atoms with van der Waals surface area (Å²) in [6.45, 7) is 0.394.